The summed E-state index contributed by atoms with van der Waals surface area (Å²) in [5, 5.41) is 0. The zero-order valence-corrected chi connectivity index (χ0v) is 8.25. The van der Waals surface area contributed by atoms with Crippen LogP contribution in [0.4, 0.5) is 30.7 Å². The molecule has 18 heavy (non-hydrogen) atoms. The first-order chi connectivity index (χ1) is 8.06. The van der Waals surface area contributed by atoms with Gasteiger partial charge in [-0.1, -0.05) is 0 Å². The van der Waals surface area contributed by atoms with Gasteiger partial charge in [0.25, 0.3) is 0 Å². The summed E-state index contributed by atoms with van der Waals surface area (Å²) in [6, 6.07) is 0. The highest BCUT2D eigenvalue weighted by molar-refractivity contribution is 5.33. The fourth-order valence-electron chi connectivity index (χ4n) is 1.08. The van der Waals surface area contributed by atoms with Crippen molar-refractivity contribution in [2.75, 3.05) is 0 Å². The average Bonchev–Trinajstić information content (AvgIpc) is 2.17. The number of rotatable bonds is 2. The Bertz CT molecular complexity index is 488. The summed E-state index contributed by atoms with van der Waals surface area (Å²) in [7, 11) is 0. The van der Waals surface area contributed by atoms with Crippen molar-refractivity contribution >= 4 is 0 Å². The number of nitrogens with one attached hydrogen (secondary N) is 1. The van der Waals surface area contributed by atoms with Gasteiger partial charge in [-0.25, -0.2) is 4.39 Å². The zero-order valence-electron chi connectivity index (χ0n) is 8.25. The number of hydrogen-bond donors (Lipinski definition) is 1. The number of pyridine rings is 1. The van der Waals surface area contributed by atoms with Gasteiger partial charge in [-0.2, -0.15) is 13.2 Å². The Morgan fingerprint density at radius 1 is 1.17 bits per heavy atom. The Hall–Kier alpha value is -1.74. The highest BCUT2D eigenvalue weighted by Crippen LogP contribution is 2.30. The van der Waals surface area contributed by atoms with Crippen LogP contribution in [0, 0.1) is 0 Å². The van der Waals surface area contributed by atoms with Gasteiger partial charge in [0.05, 0.1) is 5.69 Å². The van der Waals surface area contributed by atoms with E-state index in [1.807, 2.05) is 0 Å². The van der Waals surface area contributed by atoms with Crippen LogP contribution in [-0.4, -0.2) is 11.3 Å². The van der Waals surface area contributed by atoms with E-state index in [9.17, 15) is 35.5 Å². The third kappa shape index (κ3) is 3.14. The summed E-state index contributed by atoms with van der Waals surface area (Å²) in [6.07, 6.45) is -10.5. The molecule has 0 aliphatic rings. The molecule has 0 spiro atoms. The zero-order chi connectivity index (χ0) is 14.1. The lowest BCUT2D eigenvalue weighted by Gasteiger charge is -2.13. The van der Waals surface area contributed by atoms with Gasteiger partial charge in [0.1, 0.15) is 12.2 Å². The Balaban J connectivity index is 3.42. The Labute approximate surface area is 94.2 Å². The van der Waals surface area contributed by atoms with E-state index in [-0.39, 0.29) is 6.20 Å². The van der Waals surface area contributed by atoms with Crippen LogP contribution < -0.4 is 10.2 Å². The molecule has 10 heteroatoms. The fourth-order valence-corrected chi connectivity index (χ4v) is 1.08. The maximum Gasteiger partial charge on any atom is 0.573 e. The van der Waals surface area contributed by atoms with Crippen LogP contribution in [0.2, 0.25) is 0 Å². The average molecular weight is 279 g/mol. The van der Waals surface area contributed by atoms with E-state index in [1.165, 1.54) is 0 Å². The number of aromatic amines is 1. The van der Waals surface area contributed by atoms with Gasteiger partial charge in [0.15, 0.2) is 5.75 Å². The van der Waals surface area contributed by atoms with Crippen LogP contribution >= 0.6 is 0 Å². The molecule has 1 aromatic rings. The van der Waals surface area contributed by atoms with E-state index in [4.69, 9.17) is 0 Å². The van der Waals surface area contributed by atoms with Crippen molar-refractivity contribution in [1.82, 2.24) is 4.98 Å². The molecule has 0 saturated carbocycles. The molecule has 0 aromatic carbocycles. The standard InChI is InChI=1S/C8H4F7NO2/c9-1-4-6(18-8(13,14)15)5(17)3(2-16-4)7(10,11)12/h2H,1H2,(H,16,17). The topological polar surface area (TPSA) is 42.1 Å². The second-order valence-electron chi connectivity index (χ2n) is 3.02. The maximum absolute atomic E-state index is 12.3. The maximum atomic E-state index is 12.3. The van der Waals surface area contributed by atoms with E-state index in [0.717, 1.165) is 0 Å². The van der Waals surface area contributed by atoms with Crippen molar-refractivity contribution in [2.45, 2.75) is 19.2 Å². The third-order valence-corrected chi connectivity index (χ3v) is 1.77. The molecule has 1 heterocycles. The molecule has 0 aliphatic carbocycles. The van der Waals surface area contributed by atoms with Crippen LogP contribution in [0.1, 0.15) is 11.3 Å². The third-order valence-electron chi connectivity index (χ3n) is 1.77. The first-order valence-corrected chi connectivity index (χ1v) is 4.19. The molecule has 0 saturated heterocycles. The van der Waals surface area contributed by atoms with Gasteiger partial charge < -0.3 is 9.72 Å². The molecule has 0 radical (unpaired) electrons. The van der Waals surface area contributed by atoms with E-state index in [0.29, 0.717) is 0 Å². The number of hydrogen-bond acceptors (Lipinski definition) is 2. The minimum atomic E-state index is -5.40. The lowest BCUT2D eigenvalue weighted by atomic mass is 10.2. The molecule has 0 aliphatic heterocycles. The molecule has 0 atom stereocenters. The van der Waals surface area contributed by atoms with Crippen LogP contribution in [0.25, 0.3) is 0 Å². The fraction of sp³-hybridized carbons (Fsp3) is 0.375. The molecule has 0 amide bonds. The van der Waals surface area contributed by atoms with E-state index in [1.54, 1.807) is 4.98 Å². The summed E-state index contributed by atoms with van der Waals surface area (Å²) in [5.41, 5.74) is -5.00. The van der Waals surface area contributed by atoms with Gasteiger partial charge >= 0.3 is 12.5 Å². The molecule has 1 N–H and O–H groups in total. The first-order valence-electron chi connectivity index (χ1n) is 4.19. The van der Waals surface area contributed by atoms with Crippen LogP contribution in [0.5, 0.6) is 5.75 Å². The molecule has 0 fully saturated rings. The second-order valence-corrected chi connectivity index (χ2v) is 3.02. The van der Waals surface area contributed by atoms with Gasteiger partial charge in [-0.05, 0) is 0 Å². The SMILES string of the molecule is O=c1c(C(F)(F)F)c[nH]c(CF)c1OC(F)(F)F. The predicted octanol–water partition coefficient (Wildman–Crippen LogP) is 2.76. The summed E-state index contributed by atoms with van der Waals surface area (Å²) < 4.78 is 87.8. The first kappa shape index (κ1) is 14.3. The second kappa shape index (κ2) is 4.50. The lowest BCUT2D eigenvalue weighted by molar-refractivity contribution is -0.275. The number of alkyl halides is 7. The molecule has 3 nitrogen and oxygen atoms in total. The lowest BCUT2D eigenvalue weighted by Crippen LogP contribution is -2.27. The van der Waals surface area contributed by atoms with Crippen LogP contribution in [-0.2, 0) is 12.9 Å². The van der Waals surface area contributed by atoms with Crippen molar-refractivity contribution in [3.05, 3.63) is 27.7 Å². The van der Waals surface area contributed by atoms with E-state index < -0.39 is 41.6 Å². The van der Waals surface area contributed by atoms with Gasteiger partial charge in [0.2, 0.25) is 5.43 Å². The summed E-state index contributed by atoms with van der Waals surface area (Å²) in [4.78, 5) is 12.7. The Kier molecular flexibility index (Phi) is 3.58. The van der Waals surface area contributed by atoms with Crippen molar-refractivity contribution in [2.24, 2.45) is 0 Å². The monoisotopic (exact) mass is 279 g/mol. The normalized spacial score (nSPS) is 12.6. The molecule has 0 bridgehead atoms. The molecular formula is C8H4F7NO2. The minimum absolute atomic E-state index is 0.0838. The van der Waals surface area contributed by atoms with Gasteiger partial charge in [0, 0.05) is 6.20 Å². The smallest absolute Gasteiger partial charge is 0.400 e. The summed E-state index contributed by atoms with van der Waals surface area (Å²) in [5.74, 6) is -1.75. The van der Waals surface area contributed by atoms with E-state index in [2.05, 4.69) is 4.74 Å². The van der Waals surface area contributed by atoms with Gasteiger partial charge in [-0.15, -0.1) is 13.2 Å². The summed E-state index contributed by atoms with van der Waals surface area (Å²) in [6.45, 7) is -1.61. The molecule has 0 unspecified atom stereocenters. The Morgan fingerprint density at radius 3 is 2.11 bits per heavy atom. The largest absolute Gasteiger partial charge is 0.573 e. The van der Waals surface area contributed by atoms with Crippen molar-refractivity contribution in [1.29, 1.82) is 0 Å². The molecular weight excluding hydrogens is 275 g/mol. The van der Waals surface area contributed by atoms with Crippen molar-refractivity contribution in [3.8, 4) is 5.75 Å². The highest BCUT2D eigenvalue weighted by Gasteiger charge is 2.39. The molecule has 1 aromatic heterocycles. The quantitative estimate of drug-likeness (QED) is 0.846. The Morgan fingerprint density at radius 2 is 1.72 bits per heavy atom. The number of aromatic nitrogens is 1. The van der Waals surface area contributed by atoms with Crippen LogP contribution in [0.3, 0.4) is 0 Å². The predicted molar refractivity (Wildman–Crippen MR) is 43.6 cm³/mol. The van der Waals surface area contributed by atoms with Crippen LogP contribution in [0.15, 0.2) is 11.0 Å². The number of ether oxygens (including phenoxy) is 1. The highest BCUT2D eigenvalue weighted by atomic mass is 19.4. The summed E-state index contributed by atoms with van der Waals surface area (Å²) >= 11 is 0. The van der Waals surface area contributed by atoms with Gasteiger partial charge in [-0.3, -0.25) is 4.79 Å². The molecule has 102 valence electrons. The number of halogens is 7. The van der Waals surface area contributed by atoms with E-state index >= 15 is 0 Å². The van der Waals surface area contributed by atoms with Crippen molar-refractivity contribution in [3.63, 3.8) is 0 Å². The number of H-pyrrole nitrogens is 1. The molecule has 1 rings (SSSR count). The minimum Gasteiger partial charge on any atom is -0.400 e. The van der Waals surface area contributed by atoms with Crippen molar-refractivity contribution < 1.29 is 35.5 Å².